The topological polar surface area (TPSA) is 91.8 Å². The molecule has 0 aliphatic carbocycles. The maximum atomic E-state index is 14.7. The molecule has 0 N–H and O–H groups in total. The van der Waals surface area contributed by atoms with Crippen molar-refractivity contribution >= 4 is 52.8 Å². The molecule has 56 heavy (non-hydrogen) atoms. The summed E-state index contributed by atoms with van der Waals surface area (Å²) in [4.78, 5) is 6.88. The van der Waals surface area contributed by atoms with Gasteiger partial charge in [-0.1, -0.05) is 96.9 Å². The van der Waals surface area contributed by atoms with Gasteiger partial charge in [0.15, 0.2) is 23.1 Å². The van der Waals surface area contributed by atoms with Crippen LogP contribution in [0.3, 0.4) is 0 Å². The molecule has 0 radical (unpaired) electrons. The molecule has 6 nitrogen and oxygen atoms in total. The number of benzene rings is 4. The fraction of sp³-hybridized carbons (Fsp3) is 0.0976. The molecule has 0 saturated heterocycles. The fourth-order valence-electron chi connectivity index (χ4n) is 4.46. The van der Waals surface area contributed by atoms with Gasteiger partial charge in [0.25, 0.3) is 0 Å². The molecule has 4 aromatic carbocycles. The van der Waals surface area contributed by atoms with Crippen LogP contribution in [0.2, 0.25) is 10.0 Å². The van der Waals surface area contributed by atoms with Crippen molar-refractivity contribution < 1.29 is 43.4 Å². The second-order valence-corrected chi connectivity index (χ2v) is 12.4. The van der Waals surface area contributed by atoms with Crippen molar-refractivity contribution in [2.75, 3.05) is 0 Å². The number of aryl methyl sites for hydroxylation is 2. The normalized spacial score (nSPS) is 9.66. The summed E-state index contributed by atoms with van der Waals surface area (Å²) in [6.45, 7) is 3.76. The molecule has 0 fully saturated rings. The monoisotopic (exact) mass is 978 g/mol. The van der Waals surface area contributed by atoms with Gasteiger partial charge in [0, 0.05) is 22.2 Å². The number of halogens is 8. The van der Waals surface area contributed by atoms with E-state index in [0.717, 1.165) is 24.1 Å². The van der Waals surface area contributed by atoms with Crippen LogP contribution in [0.1, 0.15) is 35.4 Å². The number of nitriles is 2. The van der Waals surface area contributed by atoms with Gasteiger partial charge in [0.1, 0.15) is 16.1 Å². The van der Waals surface area contributed by atoms with Crippen LogP contribution in [-0.4, -0.2) is 9.97 Å². The van der Waals surface area contributed by atoms with Gasteiger partial charge in [-0.2, -0.15) is 30.1 Å². The predicted molar refractivity (Wildman–Crippen MR) is 213 cm³/mol. The van der Waals surface area contributed by atoms with Crippen LogP contribution in [0.4, 0.5) is 17.6 Å². The molecule has 284 valence electrons. The minimum absolute atomic E-state index is 0. The molecule has 0 aliphatic rings. The van der Waals surface area contributed by atoms with E-state index in [-0.39, 0.29) is 68.3 Å². The van der Waals surface area contributed by atoms with Crippen molar-refractivity contribution in [1.29, 1.82) is 10.5 Å². The first-order chi connectivity index (χ1) is 26.5. The molecule has 6 rings (SSSR count). The summed E-state index contributed by atoms with van der Waals surface area (Å²) in [6.07, 6.45) is 1.63. The van der Waals surface area contributed by atoms with E-state index < -0.39 is 23.5 Å². The third kappa shape index (κ3) is 15.6. The Kier molecular flexibility index (Phi) is 21.3. The van der Waals surface area contributed by atoms with Crippen molar-refractivity contribution in [3.8, 4) is 35.1 Å². The van der Waals surface area contributed by atoms with Gasteiger partial charge in [-0.15, -0.1) is 0 Å². The van der Waals surface area contributed by atoms with E-state index in [2.05, 4.69) is 58.6 Å². The van der Waals surface area contributed by atoms with Crippen LogP contribution in [0, 0.1) is 53.1 Å². The van der Waals surface area contributed by atoms with Gasteiger partial charge < -0.3 is 16.4 Å². The summed E-state index contributed by atoms with van der Waals surface area (Å²) in [7, 11) is 0. The van der Waals surface area contributed by atoms with E-state index in [4.69, 9.17) is 43.2 Å². The van der Waals surface area contributed by atoms with Crippen molar-refractivity contribution in [1.82, 2.24) is 9.97 Å². The molecular weight excluding hydrogens is 953 g/mol. The Bertz CT molecular complexity index is 2270. The zero-order valence-corrected chi connectivity index (χ0v) is 36.2. The van der Waals surface area contributed by atoms with Crippen molar-refractivity contribution in [2.45, 2.75) is 26.7 Å². The van der Waals surface area contributed by atoms with Gasteiger partial charge in [-0.3, -0.25) is 0 Å². The zero-order valence-electron chi connectivity index (χ0n) is 28.6. The summed E-state index contributed by atoms with van der Waals surface area (Å²) in [5, 5.41) is 18.3. The number of nitrogens with zero attached hydrogens (tertiary/aromatic N) is 4. The third-order valence-corrected chi connectivity index (χ3v) is 7.86. The van der Waals surface area contributed by atoms with Crippen molar-refractivity contribution in [3.63, 3.8) is 0 Å². The quantitative estimate of drug-likeness (QED) is 0.0653. The SMILES string of the molecule is C.N#Cc1cc(Cl)cc(Oc2cc(F)nc(Br)c2F)c1.N#Cc1cc(Cl)cc(Oc2cc(F)nc(CCc3ccccc3)c2F)c1.[CH2-]Cc1ccccc1.[Zn+][Br]. The number of rotatable bonds is 8. The average molecular weight is 983 g/mol. The molecule has 0 atom stereocenters. The predicted octanol–water partition coefficient (Wildman–Crippen LogP) is 13.4. The number of pyridine rings is 2. The Balaban J connectivity index is 0.000000315. The molecule has 0 aliphatic heterocycles. The van der Waals surface area contributed by atoms with Crippen LogP contribution in [0.5, 0.6) is 23.0 Å². The van der Waals surface area contributed by atoms with Gasteiger partial charge in [-0.05, 0) is 70.7 Å². The maximum absolute atomic E-state index is 14.7. The minimum atomic E-state index is -0.897. The van der Waals surface area contributed by atoms with E-state index in [1.54, 1.807) is 0 Å². The first-order valence-corrected chi connectivity index (χ1v) is 24.2. The van der Waals surface area contributed by atoms with Gasteiger partial charge in [0.05, 0.1) is 29.0 Å². The van der Waals surface area contributed by atoms with Crippen molar-refractivity contribution in [2.24, 2.45) is 0 Å². The summed E-state index contributed by atoms with van der Waals surface area (Å²) in [5.41, 5.74) is 2.77. The molecule has 6 aromatic rings. The average Bonchev–Trinajstić information content (AvgIpc) is 3.19. The number of hydrogen-bond donors (Lipinski definition) is 0. The Labute approximate surface area is 358 Å². The first-order valence-electron chi connectivity index (χ1n) is 15.7. The standard InChI is InChI=1S/C20H13ClF2N2O.C12H4BrClF2N2O.C8H9.CH4.BrH.Zn/c21-15-8-14(12-24)9-16(10-15)26-18-11-19(22)25-17(20(18)23)7-6-13-4-2-1-3-5-13;13-12-11(16)9(4-10(15)18-12)19-8-2-6(5-17)1-7(14)3-8;1-2-8-6-4-3-5-7-8;;;/h1-5,8-11H,6-7H2;1-4H;3-7H,1-2H2;1H4;1H;/q;;-1;;;+2/p-1. The number of ether oxygens (including phenoxy) is 2. The number of aromatic nitrogens is 2. The molecule has 0 bridgehead atoms. The molecule has 0 unspecified atom stereocenters. The second-order valence-electron chi connectivity index (χ2n) is 10.8. The summed E-state index contributed by atoms with van der Waals surface area (Å²) in [6, 6.07) is 33.6. The van der Waals surface area contributed by atoms with Gasteiger partial charge >= 0.3 is 30.0 Å². The van der Waals surface area contributed by atoms with E-state index in [1.165, 1.54) is 58.3 Å². The summed E-state index contributed by atoms with van der Waals surface area (Å²) >= 11 is 18.7. The van der Waals surface area contributed by atoms with E-state index in [1.807, 2.05) is 60.7 Å². The Morgan fingerprint density at radius 2 is 1.09 bits per heavy atom. The molecule has 2 aromatic heterocycles. The van der Waals surface area contributed by atoms with E-state index >= 15 is 0 Å². The molecule has 0 amide bonds. The van der Waals surface area contributed by atoms with E-state index in [9.17, 15) is 17.6 Å². The van der Waals surface area contributed by atoms with Crippen molar-refractivity contribution in [3.05, 3.63) is 182 Å². The zero-order chi connectivity index (χ0) is 40.3. The number of hydrogen-bond acceptors (Lipinski definition) is 6. The summed E-state index contributed by atoms with van der Waals surface area (Å²) < 4.78 is 65.5. The van der Waals surface area contributed by atoms with Gasteiger partial charge in [-0.25, -0.2) is 14.4 Å². The Morgan fingerprint density at radius 3 is 1.54 bits per heavy atom. The van der Waals surface area contributed by atoms with E-state index in [0.29, 0.717) is 6.42 Å². The van der Waals surface area contributed by atoms with Crippen LogP contribution in [-0.2, 0) is 35.6 Å². The fourth-order valence-corrected chi connectivity index (χ4v) is 5.28. The molecule has 15 heteroatoms. The van der Waals surface area contributed by atoms with Crippen LogP contribution >= 0.6 is 52.8 Å². The molecular formula is C41H30Br2Cl2F4N4O2Zn. The Hall–Kier alpha value is -4.36. The second kappa shape index (κ2) is 25.0. The third-order valence-electron chi connectivity index (χ3n) is 6.90. The molecule has 0 saturated carbocycles. The van der Waals surface area contributed by atoms with Crippen LogP contribution < -0.4 is 9.47 Å². The summed E-state index contributed by atoms with van der Waals surface area (Å²) in [5.74, 6) is -3.70. The van der Waals surface area contributed by atoms with Gasteiger partial charge in [0.2, 0.25) is 11.9 Å². The Morgan fingerprint density at radius 1 is 0.643 bits per heavy atom. The first kappa shape index (κ1) is 47.8. The molecule has 0 spiro atoms. The van der Waals surface area contributed by atoms with Crippen LogP contribution in [0.25, 0.3) is 0 Å². The molecule has 2 heterocycles. The van der Waals surface area contributed by atoms with Crippen LogP contribution in [0.15, 0.2) is 114 Å².